The van der Waals surface area contributed by atoms with Gasteiger partial charge in [-0.05, 0) is 28.8 Å². The molecular weight excluding hydrogens is 346 g/mol. The quantitative estimate of drug-likeness (QED) is 0.863. The number of piperidine rings is 1. The van der Waals surface area contributed by atoms with Crippen molar-refractivity contribution in [3.8, 4) is 0 Å². The summed E-state index contributed by atoms with van der Waals surface area (Å²) in [5.41, 5.74) is 0. The van der Waals surface area contributed by atoms with Crippen LogP contribution in [0.1, 0.15) is 25.3 Å². The molecule has 6 nitrogen and oxygen atoms in total. The third-order valence-corrected chi connectivity index (χ3v) is 5.02. The largest absolute Gasteiger partial charge is 0.340 e. The first-order valence-electron chi connectivity index (χ1n) is 8.13. The molecule has 2 saturated heterocycles. The van der Waals surface area contributed by atoms with E-state index in [1.54, 1.807) is 0 Å². The maximum Gasteiger partial charge on any atom is 0.223 e. The van der Waals surface area contributed by atoms with Gasteiger partial charge in [-0.1, -0.05) is 0 Å². The first-order valence-corrected chi connectivity index (χ1v) is 8.92. The van der Waals surface area contributed by atoms with Gasteiger partial charge in [0.1, 0.15) is 0 Å². The summed E-state index contributed by atoms with van der Waals surface area (Å²) >= 11 is 3.45. The Labute approximate surface area is 140 Å². The van der Waals surface area contributed by atoms with E-state index in [9.17, 15) is 4.79 Å². The van der Waals surface area contributed by atoms with Crippen LogP contribution in [0.15, 0.2) is 16.9 Å². The predicted octanol–water partition coefficient (Wildman–Crippen LogP) is 1.10. The molecule has 1 amide bonds. The summed E-state index contributed by atoms with van der Waals surface area (Å²) in [6.45, 7) is 6.56. The van der Waals surface area contributed by atoms with Crippen LogP contribution < -0.4 is 5.32 Å². The molecule has 0 bridgehead atoms. The van der Waals surface area contributed by atoms with Crippen molar-refractivity contribution in [3.63, 3.8) is 0 Å². The van der Waals surface area contributed by atoms with Crippen molar-refractivity contribution in [1.29, 1.82) is 0 Å². The van der Waals surface area contributed by atoms with Crippen LogP contribution in [0.2, 0.25) is 0 Å². The van der Waals surface area contributed by atoms with Gasteiger partial charge in [-0.15, -0.1) is 0 Å². The van der Waals surface area contributed by atoms with E-state index in [0.717, 1.165) is 63.1 Å². The number of carbonyl (C=O) groups excluding carboxylic acids is 1. The number of piperazine rings is 1. The third-order valence-electron chi connectivity index (χ3n) is 4.61. The molecule has 3 rings (SSSR count). The lowest BCUT2D eigenvalue weighted by molar-refractivity contribution is -0.132. The standard InChI is InChI=1S/C15H24BrN5O/c16-13-11-18-21(12-13)14-1-6-19(7-2-14)8-3-15(22)20-9-4-17-5-10-20/h11-12,14,17H,1-10H2. The second-order valence-corrected chi connectivity index (χ2v) is 7.01. The zero-order valence-electron chi connectivity index (χ0n) is 12.9. The fraction of sp³-hybridized carbons (Fsp3) is 0.733. The van der Waals surface area contributed by atoms with E-state index in [0.29, 0.717) is 18.4 Å². The molecule has 0 aromatic carbocycles. The molecule has 1 N–H and O–H groups in total. The SMILES string of the molecule is O=C(CCN1CCC(n2cc(Br)cn2)CC1)N1CCNCC1. The molecule has 1 aromatic heterocycles. The highest BCUT2D eigenvalue weighted by Crippen LogP contribution is 2.23. The fourth-order valence-electron chi connectivity index (χ4n) is 3.25. The average Bonchev–Trinajstić information content (AvgIpc) is 3.00. The van der Waals surface area contributed by atoms with Crippen LogP contribution in [-0.2, 0) is 4.79 Å². The van der Waals surface area contributed by atoms with Crippen LogP contribution in [0, 0.1) is 0 Å². The first-order chi connectivity index (χ1) is 10.7. The monoisotopic (exact) mass is 369 g/mol. The van der Waals surface area contributed by atoms with Gasteiger partial charge in [-0.2, -0.15) is 5.10 Å². The highest BCUT2D eigenvalue weighted by atomic mass is 79.9. The second-order valence-electron chi connectivity index (χ2n) is 6.09. The number of hydrogen-bond acceptors (Lipinski definition) is 4. The summed E-state index contributed by atoms with van der Waals surface area (Å²) < 4.78 is 3.10. The van der Waals surface area contributed by atoms with Gasteiger partial charge in [-0.25, -0.2) is 0 Å². The number of aromatic nitrogens is 2. The molecule has 3 heterocycles. The van der Waals surface area contributed by atoms with Crippen molar-refractivity contribution in [3.05, 3.63) is 16.9 Å². The van der Waals surface area contributed by atoms with E-state index in [-0.39, 0.29) is 0 Å². The summed E-state index contributed by atoms with van der Waals surface area (Å²) in [5, 5.41) is 7.67. The first kappa shape index (κ1) is 16.0. The third kappa shape index (κ3) is 4.08. The zero-order chi connectivity index (χ0) is 15.4. The van der Waals surface area contributed by atoms with Crippen LogP contribution >= 0.6 is 15.9 Å². The maximum absolute atomic E-state index is 12.2. The molecule has 0 atom stereocenters. The summed E-state index contributed by atoms with van der Waals surface area (Å²) in [7, 11) is 0. The highest BCUT2D eigenvalue weighted by Gasteiger charge is 2.22. The van der Waals surface area contributed by atoms with E-state index in [4.69, 9.17) is 0 Å². The van der Waals surface area contributed by atoms with Crippen LogP contribution in [-0.4, -0.2) is 71.3 Å². The van der Waals surface area contributed by atoms with Gasteiger partial charge in [0.15, 0.2) is 0 Å². The van der Waals surface area contributed by atoms with Crippen molar-refractivity contribution in [2.75, 3.05) is 45.8 Å². The average molecular weight is 370 g/mol. The van der Waals surface area contributed by atoms with Gasteiger partial charge in [-0.3, -0.25) is 9.48 Å². The lowest BCUT2D eigenvalue weighted by Crippen LogP contribution is -2.47. The summed E-state index contributed by atoms with van der Waals surface area (Å²) in [5.74, 6) is 0.305. The minimum absolute atomic E-state index is 0.305. The molecule has 22 heavy (non-hydrogen) atoms. The number of likely N-dealkylation sites (tertiary alicyclic amines) is 1. The van der Waals surface area contributed by atoms with Crippen LogP contribution in [0.5, 0.6) is 0 Å². The molecular formula is C15H24BrN5O. The molecule has 2 aliphatic heterocycles. The van der Waals surface area contributed by atoms with Crippen molar-refractivity contribution >= 4 is 21.8 Å². The minimum atomic E-state index is 0.305. The van der Waals surface area contributed by atoms with E-state index < -0.39 is 0 Å². The smallest absolute Gasteiger partial charge is 0.223 e. The Morgan fingerprint density at radius 1 is 1.27 bits per heavy atom. The Morgan fingerprint density at radius 3 is 2.64 bits per heavy atom. The lowest BCUT2D eigenvalue weighted by Gasteiger charge is -2.33. The zero-order valence-corrected chi connectivity index (χ0v) is 14.5. The van der Waals surface area contributed by atoms with Gasteiger partial charge < -0.3 is 15.1 Å². The Hall–Kier alpha value is -0.920. The molecule has 2 aliphatic rings. The normalized spacial score (nSPS) is 21.2. The Morgan fingerprint density at radius 2 is 2.00 bits per heavy atom. The van der Waals surface area contributed by atoms with Crippen molar-refractivity contribution < 1.29 is 4.79 Å². The molecule has 2 fully saturated rings. The van der Waals surface area contributed by atoms with E-state index in [2.05, 4.69) is 35.9 Å². The van der Waals surface area contributed by atoms with Crippen molar-refractivity contribution in [2.45, 2.75) is 25.3 Å². The molecule has 7 heteroatoms. The Bertz CT molecular complexity index is 492. The van der Waals surface area contributed by atoms with Crippen molar-refractivity contribution in [1.82, 2.24) is 24.9 Å². The lowest BCUT2D eigenvalue weighted by atomic mass is 10.1. The summed E-state index contributed by atoms with van der Waals surface area (Å²) in [6, 6.07) is 0.492. The summed E-state index contributed by atoms with van der Waals surface area (Å²) in [4.78, 5) is 16.6. The van der Waals surface area contributed by atoms with Gasteiger partial charge in [0.05, 0.1) is 16.7 Å². The minimum Gasteiger partial charge on any atom is -0.340 e. The van der Waals surface area contributed by atoms with Gasteiger partial charge in [0.2, 0.25) is 5.91 Å². The van der Waals surface area contributed by atoms with E-state index in [1.807, 2.05) is 17.3 Å². The van der Waals surface area contributed by atoms with Crippen LogP contribution in [0.3, 0.4) is 0 Å². The number of amides is 1. The summed E-state index contributed by atoms with van der Waals surface area (Å²) in [6.07, 6.45) is 6.76. The van der Waals surface area contributed by atoms with E-state index in [1.165, 1.54) is 0 Å². The van der Waals surface area contributed by atoms with Crippen LogP contribution in [0.25, 0.3) is 0 Å². The maximum atomic E-state index is 12.2. The fourth-order valence-corrected chi connectivity index (χ4v) is 3.55. The molecule has 0 unspecified atom stereocenters. The molecule has 0 saturated carbocycles. The van der Waals surface area contributed by atoms with Crippen molar-refractivity contribution in [2.24, 2.45) is 0 Å². The predicted molar refractivity (Wildman–Crippen MR) is 88.7 cm³/mol. The van der Waals surface area contributed by atoms with Gasteiger partial charge in [0, 0.05) is 58.4 Å². The molecule has 1 aromatic rings. The topological polar surface area (TPSA) is 53.4 Å². The Balaban J connectivity index is 1.39. The van der Waals surface area contributed by atoms with Gasteiger partial charge >= 0.3 is 0 Å². The highest BCUT2D eigenvalue weighted by molar-refractivity contribution is 9.10. The number of nitrogens with zero attached hydrogens (tertiary/aromatic N) is 4. The van der Waals surface area contributed by atoms with Crippen LogP contribution in [0.4, 0.5) is 0 Å². The molecule has 0 radical (unpaired) electrons. The number of hydrogen-bond donors (Lipinski definition) is 1. The molecule has 0 aliphatic carbocycles. The van der Waals surface area contributed by atoms with Gasteiger partial charge in [0.25, 0.3) is 0 Å². The number of carbonyl (C=O) groups is 1. The Kier molecular flexibility index (Phi) is 5.49. The molecule has 122 valence electrons. The number of nitrogens with one attached hydrogen (secondary N) is 1. The molecule has 0 spiro atoms. The number of rotatable bonds is 4. The van der Waals surface area contributed by atoms with E-state index >= 15 is 0 Å². The number of halogens is 1. The second kappa shape index (κ2) is 7.57.